The lowest BCUT2D eigenvalue weighted by Crippen LogP contribution is -2.50. The molecule has 12 nitrogen and oxygen atoms in total. The lowest BCUT2D eigenvalue weighted by atomic mass is 9.81. The van der Waals surface area contributed by atoms with Gasteiger partial charge < -0.3 is 21.1 Å². The standard InChI is InChI=1S/C34H41N9O3/c1-22-18-31(42-14-16-46-17-15-42)37-21-29(22)25-6-2-23(3-7-25)19-30(36)34(45)43(33(44)27-8-4-24(20-35)5-9-27)28-12-10-26(11-13-28)32-38-40-41-39-32/h2-3,6-7,10-13,18,21,24,27,30H,4-5,8-9,14-17,19-20,35-36H2,1H3,(H,38,39,40,41)/t24?,27?,30-/m0/s1. The molecule has 2 aliphatic rings. The number of carbonyl (C=O) groups excluding carboxylic acids is 2. The van der Waals surface area contributed by atoms with Crippen LogP contribution in [0.1, 0.15) is 36.8 Å². The average Bonchev–Trinajstić information content (AvgIpc) is 3.65. The van der Waals surface area contributed by atoms with Crippen LogP contribution in [0.4, 0.5) is 11.5 Å². The highest BCUT2D eigenvalue weighted by atomic mass is 16.5. The monoisotopic (exact) mass is 623 g/mol. The lowest BCUT2D eigenvalue weighted by Gasteiger charge is -2.32. The zero-order chi connectivity index (χ0) is 32.0. The van der Waals surface area contributed by atoms with E-state index in [0.29, 0.717) is 55.6 Å². The Hall–Kier alpha value is -4.52. The lowest BCUT2D eigenvalue weighted by molar-refractivity contribution is -0.130. The average molecular weight is 624 g/mol. The topological polar surface area (TPSA) is 169 Å². The number of ether oxygens (including phenoxy) is 1. The minimum Gasteiger partial charge on any atom is -0.378 e. The molecule has 3 heterocycles. The van der Waals surface area contributed by atoms with E-state index in [4.69, 9.17) is 21.2 Å². The van der Waals surface area contributed by atoms with E-state index < -0.39 is 11.9 Å². The zero-order valence-corrected chi connectivity index (χ0v) is 26.1. The summed E-state index contributed by atoms with van der Waals surface area (Å²) >= 11 is 0. The quantitative estimate of drug-likeness (QED) is 0.252. The fraction of sp³-hybridized carbons (Fsp3) is 0.412. The Labute approximate surface area is 268 Å². The molecule has 0 spiro atoms. The van der Waals surface area contributed by atoms with Gasteiger partial charge in [-0.3, -0.25) is 9.59 Å². The summed E-state index contributed by atoms with van der Waals surface area (Å²) in [6.45, 7) is 5.80. The summed E-state index contributed by atoms with van der Waals surface area (Å²) in [5, 5.41) is 14.1. The molecule has 5 N–H and O–H groups in total. The third-order valence-electron chi connectivity index (χ3n) is 9.17. The van der Waals surface area contributed by atoms with Gasteiger partial charge in [0.15, 0.2) is 0 Å². The van der Waals surface area contributed by atoms with Crippen molar-refractivity contribution >= 4 is 23.3 Å². The van der Waals surface area contributed by atoms with Crippen LogP contribution in [-0.2, 0) is 20.7 Å². The van der Waals surface area contributed by atoms with Gasteiger partial charge in [-0.15, -0.1) is 10.2 Å². The number of amides is 2. The summed E-state index contributed by atoms with van der Waals surface area (Å²) in [4.78, 5) is 36.1. The number of anilines is 2. The van der Waals surface area contributed by atoms with Crippen LogP contribution in [0.25, 0.3) is 22.5 Å². The number of nitrogens with two attached hydrogens (primary N) is 2. The molecule has 4 aromatic rings. The molecule has 46 heavy (non-hydrogen) atoms. The number of H-pyrrole nitrogens is 1. The smallest absolute Gasteiger partial charge is 0.251 e. The molecule has 1 saturated heterocycles. The minimum atomic E-state index is -0.914. The van der Waals surface area contributed by atoms with E-state index in [9.17, 15) is 9.59 Å². The third-order valence-corrected chi connectivity index (χ3v) is 9.17. The summed E-state index contributed by atoms with van der Waals surface area (Å²) < 4.78 is 5.47. The predicted molar refractivity (Wildman–Crippen MR) is 176 cm³/mol. The fourth-order valence-corrected chi connectivity index (χ4v) is 6.37. The SMILES string of the molecule is Cc1cc(N2CCOCC2)ncc1-c1ccc(C[C@H](N)C(=O)N(C(=O)C2CCC(CN)CC2)c2ccc(-c3nn[nH]n3)cc2)cc1. The van der Waals surface area contributed by atoms with Gasteiger partial charge in [-0.2, -0.15) is 5.21 Å². The highest BCUT2D eigenvalue weighted by molar-refractivity contribution is 6.17. The summed E-state index contributed by atoms with van der Waals surface area (Å²) in [6, 6.07) is 16.2. The highest BCUT2D eigenvalue weighted by Crippen LogP contribution is 2.32. The summed E-state index contributed by atoms with van der Waals surface area (Å²) in [5.74, 6) is 0.886. The normalized spacial score (nSPS) is 19.1. The van der Waals surface area contributed by atoms with E-state index in [1.165, 1.54) is 4.90 Å². The largest absolute Gasteiger partial charge is 0.378 e. The number of imide groups is 1. The zero-order valence-electron chi connectivity index (χ0n) is 26.1. The number of aromatic amines is 1. The van der Waals surface area contributed by atoms with Crippen molar-refractivity contribution in [2.24, 2.45) is 23.3 Å². The van der Waals surface area contributed by atoms with Crippen molar-refractivity contribution < 1.29 is 14.3 Å². The molecule has 1 aliphatic carbocycles. The van der Waals surface area contributed by atoms with Gasteiger partial charge in [-0.25, -0.2) is 9.88 Å². The minimum absolute atomic E-state index is 0.220. The molecule has 0 bridgehead atoms. The number of nitrogens with one attached hydrogen (secondary N) is 1. The first-order chi connectivity index (χ1) is 22.4. The van der Waals surface area contributed by atoms with Gasteiger partial charge >= 0.3 is 0 Å². The first kappa shape index (κ1) is 31.5. The molecule has 1 atom stereocenters. The van der Waals surface area contributed by atoms with E-state index in [-0.39, 0.29) is 18.2 Å². The Morgan fingerprint density at radius 3 is 2.35 bits per heavy atom. The summed E-state index contributed by atoms with van der Waals surface area (Å²) in [5.41, 5.74) is 17.7. The van der Waals surface area contributed by atoms with Gasteiger partial charge in [0.1, 0.15) is 5.82 Å². The number of benzene rings is 2. The van der Waals surface area contributed by atoms with Crippen LogP contribution in [0.3, 0.4) is 0 Å². The van der Waals surface area contributed by atoms with Crippen LogP contribution >= 0.6 is 0 Å². The Morgan fingerprint density at radius 2 is 1.72 bits per heavy atom. The van der Waals surface area contributed by atoms with Gasteiger partial charge in [-0.05, 0) is 104 Å². The third kappa shape index (κ3) is 6.99. The first-order valence-electron chi connectivity index (χ1n) is 16.0. The Balaban J connectivity index is 1.17. The number of pyridine rings is 1. The van der Waals surface area contributed by atoms with Crippen molar-refractivity contribution in [3.05, 3.63) is 71.9 Å². The van der Waals surface area contributed by atoms with Gasteiger partial charge in [0.2, 0.25) is 11.7 Å². The second-order valence-corrected chi connectivity index (χ2v) is 12.2. The molecular weight excluding hydrogens is 582 g/mol. The van der Waals surface area contributed by atoms with Gasteiger partial charge in [-0.1, -0.05) is 24.3 Å². The Bertz CT molecular complexity index is 1610. The second-order valence-electron chi connectivity index (χ2n) is 12.2. The molecule has 6 rings (SSSR count). The number of tetrazole rings is 1. The first-order valence-corrected chi connectivity index (χ1v) is 16.0. The van der Waals surface area contributed by atoms with Gasteiger partial charge in [0.25, 0.3) is 5.91 Å². The fourth-order valence-electron chi connectivity index (χ4n) is 6.37. The maximum atomic E-state index is 14.0. The Kier molecular flexibility index (Phi) is 9.76. The number of morpholine rings is 1. The van der Waals surface area contributed by atoms with E-state index >= 15 is 0 Å². The number of nitrogens with zero attached hydrogens (tertiary/aromatic N) is 6. The number of rotatable bonds is 9. The maximum Gasteiger partial charge on any atom is 0.251 e. The molecule has 0 radical (unpaired) electrons. The van der Waals surface area contributed by atoms with Gasteiger partial charge in [0, 0.05) is 36.3 Å². The second kappa shape index (κ2) is 14.3. The van der Waals surface area contributed by atoms with Gasteiger partial charge in [0.05, 0.1) is 24.9 Å². The molecular formula is C34H41N9O3. The van der Waals surface area contributed by atoms with Crippen LogP contribution in [0.2, 0.25) is 0 Å². The highest BCUT2D eigenvalue weighted by Gasteiger charge is 2.35. The van der Waals surface area contributed by atoms with E-state index in [1.54, 1.807) is 24.3 Å². The van der Waals surface area contributed by atoms with Crippen LogP contribution in [0.5, 0.6) is 0 Å². The van der Waals surface area contributed by atoms with Crippen LogP contribution in [-0.4, -0.2) is 76.3 Å². The number of hydrogen-bond donors (Lipinski definition) is 3. The summed E-state index contributed by atoms with van der Waals surface area (Å²) in [6.07, 6.45) is 5.34. The molecule has 12 heteroatoms. The number of carbonyl (C=O) groups is 2. The molecule has 2 aromatic carbocycles. The van der Waals surface area contributed by atoms with Crippen molar-refractivity contribution in [2.75, 3.05) is 42.6 Å². The maximum absolute atomic E-state index is 14.0. The van der Waals surface area contributed by atoms with E-state index in [2.05, 4.69) is 38.5 Å². The number of aryl methyl sites for hydroxylation is 1. The van der Waals surface area contributed by atoms with E-state index in [1.807, 2.05) is 30.5 Å². The number of aromatic nitrogens is 5. The Morgan fingerprint density at radius 1 is 1.02 bits per heavy atom. The van der Waals surface area contributed by atoms with Crippen molar-refractivity contribution in [1.82, 2.24) is 25.6 Å². The molecule has 2 aromatic heterocycles. The number of hydrogen-bond acceptors (Lipinski definition) is 10. The molecule has 2 amide bonds. The molecule has 0 unspecified atom stereocenters. The van der Waals surface area contributed by atoms with Crippen molar-refractivity contribution in [3.8, 4) is 22.5 Å². The van der Waals surface area contributed by atoms with Crippen LogP contribution in [0.15, 0.2) is 60.8 Å². The summed E-state index contributed by atoms with van der Waals surface area (Å²) in [7, 11) is 0. The molecule has 1 aliphatic heterocycles. The van der Waals surface area contributed by atoms with Crippen molar-refractivity contribution in [3.63, 3.8) is 0 Å². The molecule has 2 fully saturated rings. The van der Waals surface area contributed by atoms with Crippen molar-refractivity contribution in [1.29, 1.82) is 0 Å². The van der Waals surface area contributed by atoms with Crippen molar-refractivity contribution in [2.45, 2.75) is 45.1 Å². The van der Waals surface area contributed by atoms with Crippen LogP contribution in [0, 0.1) is 18.8 Å². The van der Waals surface area contributed by atoms with Crippen LogP contribution < -0.4 is 21.3 Å². The predicted octanol–water partition coefficient (Wildman–Crippen LogP) is 3.27. The molecule has 240 valence electrons. The van der Waals surface area contributed by atoms with E-state index in [0.717, 1.165) is 54.0 Å². The molecule has 1 saturated carbocycles.